The molecule has 25 heavy (non-hydrogen) atoms. The summed E-state index contributed by atoms with van der Waals surface area (Å²) in [7, 11) is 0. The Labute approximate surface area is 145 Å². The zero-order chi connectivity index (χ0) is 17.5. The summed E-state index contributed by atoms with van der Waals surface area (Å²) < 4.78 is 10.6. The smallest absolute Gasteiger partial charge is 0.227 e. The fourth-order valence-corrected chi connectivity index (χ4v) is 2.22. The first-order valence-electron chi connectivity index (χ1n) is 7.99. The number of aromatic nitrogens is 1. The Bertz CT molecular complexity index is 813. The molecule has 0 fully saturated rings. The number of anilines is 2. The zero-order valence-electron chi connectivity index (χ0n) is 13.9. The van der Waals surface area contributed by atoms with Crippen molar-refractivity contribution < 1.29 is 14.1 Å². The lowest BCUT2D eigenvalue weighted by molar-refractivity contribution is -0.116. The van der Waals surface area contributed by atoms with E-state index in [1.807, 2.05) is 54.6 Å². The molecule has 0 saturated carbocycles. The van der Waals surface area contributed by atoms with Crippen molar-refractivity contribution in [3.8, 4) is 11.5 Å². The second-order valence-corrected chi connectivity index (χ2v) is 5.49. The van der Waals surface area contributed by atoms with Gasteiger partial charge in [-0.25, -0.2) is 0 Å². The number of ether oxygens (including phenoxy) is 1. The second kappa shape index (κ2) is 8.01. The molecule has 0 unspecified atom stereocenters. The average Bonchev–Trinajstić information content (AvgIpc) is 3.02. The topological polar surface area (TPSA) is 76.4 Å². The maximum absolute atomic E-state index is 11.8. The number of nitrogens with zero attached hydrogens (tertiary/aromatic N) is 1. The van der Waals surface area contributed by atoms with Gasteiger partial charge in [0.25, 0.3) is 0 Å². The van der Waals surface area contributed by atoms with E-state index in [4.69, 9.17) is 9.26 Å². The van der Waals surface area contributed by atoms with Crippen molar-refractivity contribution in [2.45, 2.75) is 13.3 Å². The van der Waals surface area contributed by atoms with Crippen molar-refractivity contribution in [2.75, 3.05) is 17.2 Å². The molecule has 0 spiro atoms. The van der Waals surface area contributed by atoms with Crippen LogP contribution in [0.15, 0.2) is 65.2 Å². The first-order valence-corrected chi connectivity index (χ1v) is 7.99. The first kappa shape index (κ1) is 16.6. The minimum atomic E-state index is -0.121. The summed E-state index contributed by atoms with van der Waals surface area (Å²) in [4.78, 5) is 11.8. The Kier molecular flexibility index (Phi) is 5.31. The van der Waals surface area contributed by atoms with Gasteiger partial charge >= 0.3 is 0 Å². The van der Waals surface area contributed by atoms with Gasteiger partial charge in [-0.2, -0.15) is 0 Å². The van der Waals surface area contributed by atoms with Crippen LogP contribution in [0.3, 0.4) is 0 Å². The minimum Gasteiger partial charge on any atom is -0.457 e. The van der Waals surface area contributed by atoms with Crippen LogP contribution in [0.5, 0.6) is 11.5 Å². The van der Waals surface area contributed by atoms with Crippen LogP contribution in [0.4, 0.5) is 11.5 Å². The van der Waals surface area contributed by atoms with Crippen molar-refractivity contribution in [2.24, 2.45) is 0 Å². The number of nitrogens with one attached hydrogen (secondary N) is 2. The summed E-state index contributed by atoms with van der Waals surface area (Å²) in [6.45, 7) is 2.29. The van der Waals surface area contributed by atoms with Gasteiger partial charge in [-0.3, -0.25) is 4.79 Å². The predicted octanol–water partition coefficient (Wildman–Crippen LogP) is 4.22. The molecule has 0 aliphatic carbocycles. The number of carbonyl (C=O) groups excluding carboxylic acids is 1. The Balaban J connectivity index is 1.43. The van der Waals surface area contributed by atoms with Gasteiger partial charge < -0.3 is 19.9 Å². The van der Waals surface area contributed by atoms with Gasteiger partial charge in [-0.05, 0) is 43.3 Å². The number of carbonyl (C=O) groups is 1. The summed E-state index contributed by atoms with van der Waals surface area (Å²) in [5, 5.41) is 9.60. The number of para-hydroxylation sites is 1. The molecule has 6 nitrogen and oxygen atoms in total. The van der Waals surface area contributed by atoms with Gasteiger partial charge in [0, 0.05) is 24.7 Å². The van der Waals surface area contributed by atoms with E-state index >= 15 is 0 Å². The molecule has 2 N–H and O–H groups in total. The molecule has 1 amide bonds. The monoisotopic (exact) mass is 337 g/mol. The van der Waals surface area contributed by atoms with E-state index < -0.39 is 0 Å². The Morgan fingerprint density at radius 1 is 1.08 bits per heavy atom. The fraction of sp³-hybridized carbons (Fsp3) is 0.158. The van der Waals surface area contributed by atoms with Crippen molar-refractivity contribution in [1.29, 1.82) is 0 Å². The molecule has 1 heterocycles. The summed E-state index contributed by atoms with van der Waals surface area (Å²) in [5.41, 5.74) is 0.922. The van der Waals surface area contributed by atoms with E-state index in [2.05, 4.69) is 15.8 Å². The summed E-state index contributed by atoms with van der Waals surface area (Å²) in [6, 6.07) is 18.9. The summed E-state index contributed by atoms with van der Waals surface area (Å²) in [6.07, 6.45) is 0.328. The molecular weight excluding hydrogens is 318 g/mol. The van der Waals surface area contributed by atoms with Gasteiger partial charge in [-0.15, -0.1) is 0 Å². The molecule has 0 atom stereocenters. The lowest BCUT2D eigenvalue weighted by atomic mass is 10.3. The third kappa shape index (κ3) is 5.10. The summed E-state index contributed by atoms with van der Waals surface area (Å²) >= 11 is 0. The third-order valence-corrected chi connectivity index (χ3v) is 3.41. The van der Waals surface area contributed by atoms with Crippen molar-refractivity contribution >= 4 is 17.4 Å². The maximum atomic E-state index is 11.8. The number of amides is 1. The molecule has 3 rings (SSSR count). The average molecular weight is 337 g/mol. The van der Waals surface area contributed by atoms with Crippen LogP contribution < -0.4 is 15.4 Å². The predicted molar refractivity (Wildman–Crippen MR) is 95.9 cm³/mol. The van der Waals surface area contributed by atoms with E-state index in [1.54, 1.807) is 13.0 Å². The highest BCUT2D eigenvalue weighted by molar-refractivity contribution is 5.89. The molecule has 6 heteroatoms. The van der Waals surface area contributed by atoms with Crippen molar-refractivity contribution in [3.63, 3.8) is 0 Å². The van der Waals surface area contributed by atoms with Crippen molar-refractivity contribution in [1.82, 2.24) is 5.16 Å². The van der Waals surface area contributed by atoms with Crippen LogP contribution in [-0.2, 0) is 4.79 Å². The molecule has 2 aromatic carbocycles. The van der Waals surface area contributed by atoms with E-state index in [0.717, 1.165) is 17.2 Å². The van der Waals surface area contributed by atoms with Crippen LogP contribution in [0.25, 0.3) is 0 Å². The highest BCUT2D eigenvalue weighted by Crippen LogP contribution is 2.22. The molecule has 128 valence electrons. The molecule has 0 bridgehead atoms. The minimum absolute atomic E-state index is 0.121. The van der Waals surface area contributed by atoms with Crippen LogP contribution in [0.2, 0.25) is 0 Å². The second-order valence-electron chi connectivity index (χ2n) is 5.49. The van der Waals surface area contributed by atoms with Gasteiger partial charge in [0.05, 0.1) is 0 Å². The molecule has 1 aromatic heterocycles. The number of aryl methyl sites for hydroxylation is 1. The van der Waals surface area contributed by atoms with Crippen molar-refractivity contribution in [3.05, 3.63) is 66.4 Å². The number of rotatable bonds is 7. The normalized spacial score (nSPS) is 10.3. The molecule has 3 aromatic rings. The Morgan fingerprint density at radius 2 is 1.80 bits per heavy atom. The molecular formula is C19H19N3O3. The fourth-order valence-electron chi connectivity index (χ4n) is 2.22. The van der Waals surface area contributed by atoms with Crippen LogP contribution >= 0.6 is 0 Å². The molecule has 0 aliphatic rings. The van der Waals surface area contributed by atoms with Gasteiger partial charge in [-0.1, -0.05) is 23.4 Å². The Hall–Kier alpha value is -3.28. The van der Waals surface area contributed by atoms with E-state index in [-0.39, 0.29) is 5.91 Å². The van der Waals surface area contributed by atoms with Gasteiger partial charge in [0.15, 0.2) is 5.82 Å². The highest BCUT2D eigenvalue weighted by atomic mass is 16.5. The largest absolute Gasteiger partial charge is 0.457 e. The highest BCUT2D eigenvalue weighted by Gasteiger charge is 2.06. The van der Waals surface area contributed by atoms with E-state index in [9.17, 15) is 4.79 Å². The summed E-state index contributed by atoms with van der Waals surface area (Å²) in [5.74, 6) is 2.53. The van der Waals surface area contributed by atoms with Gasteiger partial charge in [0.2, 0.25) is 5.91 Å². The SMILES string of the molecule is Cc1cc(NC(=O)CCNc2ccc(Oc3ccccc3)cc2)no1. The van der Waals surface area contributed by atoms with Crippen LogP contribution in [0.1, 0.15) is 12.2 Å². The quantitative estimate of drug-likeness (QED) is 0.675. The molecule has 0 aliphatic heterocycles. The molecule has 0 saturated heterocycles. The number of hydrogen-bond acceptors (Lipinski definition) is 5. The van der Waals surface area contributed by atoms with Gasteiger partial charge in [0.1, 0.15) is 17.3 Å². The maximum Gasteiger partial charge on any atom is 0.227 e. The van der Waals surface area contributed by atoms with Crippen LogP contribution in [-0.4, -0.2) is 17.6 Å². The Morgan fingerprint density at radius 3 is 2.48 bits per heavy atom. The lowest BCUT2D eigenvalue weighted by Crippen LogP contribution is -2.16. The zero-order valence-corrected chi connectivity index (χ0v) is 13.9. The van der Waals surface area contributed by atoms with E-state index in [0.29, 0.717) is 24.5 Å². The first-order chi connectivity index (χ1) is 12.2. The third-order valence-electron chi connectivity index (χ3n) is 3.41. The number of benzene rings is 2. The number of hydrogen-bond donors (Lipinski definition) is 2. The van der Waals surface area contributed by atoms with Crippen LogP contribution in [0, 0.1) is 6.92 Å². The molecule has 0 radical (unpaired) electrons. The van der Waals surface area contributed by atoms with E-state index in [1.165, 1.54) is 0 Å². The lowest BCUT2D eigenvalue weighted by Gasteiger charge is -2.08. The standard InChI is InChI=1S/C19H19N3O3/c1-14-13-18(22-25-14)21-19(23)11-12-20-15-7-9-17(10-8-15)24-16-5-3-2-4-6-16/h2-10,13,20H,11-12H2,1H3,(H,21,22,23).